The highest BCUT2D eigenvalue weighted by molar-refractivity contribution is 4.88. The predicted octanol–water partition coefficient (Wildman–Crippen LogP) is 11.5. The van der Waals surface area contributed by atoms with Crippen molar-refractivity contribution in [2.24, 2.45) is 0 Å². The molecular weight excluding hydrogens is 400 g/mol. The molecule has 0 amide bonds. The Kier molecular flexibility index (Phi) is 30.0. The van der Waals surface area contributed by atoms with Crippen LogP contribution in [0.5, 0.6) is 0 Å². The second kappa shape index (κ2) is 30.0. The molecule has 0 bridgehead atoms. The molecule has 0 aliphatic rings. The van der Waals surface area contributed by atoms with Gasteiger partial charge in [-0.05, 0) is 12.8 Å². The Hall–Kier alpha value is -0.0400. The van der Waals surface area contributed by atoms with Crippen molar-refractivity contribution in [3.8, 4) is 0 Å². The average molecular weight is 466 g/mol. The van der Waals surface area contributed by atoms with Gasteiger partial charge >= 0.3 is 0 Å². The van der Waals surface area contributed by atoms with Crippen molar-refractivity contribution < 1.29 is 5.11 Å². The molecule has 0 unspecified atom stereocenters. The van der Waals surface area contributed by atoms with Crippen molar-refractivity contribution in [2.45, 2.75) is 194 Å². The van der Waals surface area contributed by atoms with Crippen molar-refractivity contribution >= 4 is 0 Å². The van der Waals surface area contributed by atoms with E-state index in [1.54, 1.807) is 0 Å². The number of aliphatic hydroxyl groups excluding tert-OH is 1. The molecule has 1 radical (unpaired) electrons. The average Bonchev–Trinajstić information content (AvgIpc) is 2.83. The highest BCUT2D eigenvalue weighted by Gasteiger charge is 2.07. The van der Waals surface area contributed by atoms with Crippen LogP contribution >= 0.6 is 0 Å². The minimum absolute atomic E-state index is 0.330. The zero-order valence-corrected chi connectivity index (χ0v) is 23.5. The quantitative estimate of drug-likeness (QED) is 0.109. The third-order valence-corrected chi connectivity index (χ3v) is 7.49. The Balaban J connectivity index is 3.26. The van der Waals surface area contributed by atoms with Gasteiger partial charge in [-0.25, -0.2) is 0 Å². The van der Waals surface area contributed by atoms with Crippen LogP contribution in [0.1, 0.15) is 194 Å². The van der Waals surface area contributed by atoms with E-state index in [1.807, 2.05) is 0 Å². The largest absolute Gasteiger partial charge is 0.396 e. The van der Waals surface area contributed by atoms with Gasteiger partial charge in [0.25, 0.3) is 0 Å². The minimum Gasteiger partial charge on any atom is -0.396 e. The molecule has 0 aliphatic heterocycles. The van der Waals surface area contributed by atoms with Gasteiger partial charge in [0.2, 0.25) is 0 Å². The Morgan fingerprint density at radius 1 is 0.333 bits per heavy atom. The van der Waals surface area contributed by atoms with Gasteiger partial charge in [0.05, 0.1) is 0 Å². The molecule has 0 spiro atoms. The van der Waals surface area contributed by atoms with Gasteiger partial charge in [0, 0.05) is 12.5 Å². The van der Waals surface area contributed by atoms with Crippen LogP contribution in [0, 0.1) is 5.92 Å². The van der Waals surface area contributed by atoms with Crippen LogP contribution < -0.4 is 0 Å². The summed E-state index contributed by atoms with van der Waals surface area (Å²) in [6.07, 6.45) is 39.2. The summed E-state index contributed by atoms with van der Waals surface area (Å²) in [5.41, 5.74) is 0. The summed E-state index contributed by atoms with van der Waals surface area (Å²) in [5, 5.41) is 9.67. The fourth-order valence-electron chi connectivity index (χ4n) is 5.07. The maximum Gasteiger partial charge on any atom is 0.0493 e. The van der Waals surface area contributed by atoms with Gasteiger partial charge in [-0.3, -0.25) is 0 Å². The SMILES string of the molecule is CCCCCCCCCCCCCCCC[C](CO)CCCCCCCCCCCCCC. The van der Waals surface area contributed by atoms with Crippen molar-refractivity contribution in [1.29, 1.82) is 0 Å². The van der Waals surface area contributed by atoms with Gasteiger partial charge in [0.15, 0.2) is 0 Å². The lowest BCUT2D eigenvalue weighted by atomic mass is 9.94. The van der Waals surface area contributed by atoms with Crippen LogP contribution in [0.3, 0.4) is 0 Å². The molecule has 0 atom stereocenters. The molecule has 0 aliphatic carbocycles. The molecule has 1 heteroatoms. The number of unbranched alkanes of at least 4 members (excludes halogenated alkanes) is 24. The first-order chi connectivity index (χ1) is 16.3. The van der Waals surface area contributed by atoms with E-state index in [0.717, 1.165) is 0 Å². The summed E-state index contributed by atoms with van der Waals surface area (Å²) in [6, 6.07) is 0. The Morgan fingerprint density at radius 3 is 0.758 bits per heavy atom. The topological polar surface area (TPSA) is 20.2 Å². The van der Waals surface area contributed by atoms with Crippen LogP contribution in [0.25, 0.3) is 0 Å². The third kappa shape index (κ3) is 28.1. The summed E-state index contributed by atoms with van der Waals surface area (Å²) in [4.78, 5) is 0. The first kappa shape index (κ1) is 33.0. The first-order valence-corrected chi connectivity index (χ1v) is 15.8. The fourth-order valence-corrected chi connectivity index (χ4v) is 5.07. The zero-order chi connectivity index (χ0) is 24.1. The fraction of sp³-hybridized carbons (Fsp3) is 0.969. The summed E-state index contributed by atoms with van der Waals surface area (Å²) in [6.45, 7) is 4.92. The standard InChI is InChI=1S/C32H65O/c1-3-5-7-9-11-13-15-17-18-20-22-24-26-28-30-32(31-33)29-27-25-23-21-19-16-14-12-10-8-6-4-2/h33H,3-31H2,1-2H3. The van der Waals surface area contributed by atoms with E-state index < -0.39 is 0 Å². The van der Waals surface area contributed by atoms with Gasteiger partial charge in [-0.15, -0.1) is 0 Å². The van der Waals surface area contributed by atoms with E-state index in [0.29, 0.717) is 6.61 Å². The van der Waals surface area contributed by atoms with Crippen LogP contribution in [0.2, 0.25) is 0 Å². The van der Waals surface area contributed by atoms with E-state index in [1.165, 1.54) is 186 Å². The second-order valence-corrected chi connectivity index (χ2v) is 10.9. The van der Waals surface area contributed by atoms with Crippen molar-refractivity contribution in [2.75, 3.05) is 6.61 Å². The molecule has 33 heavy (non-hydrogen) atoms. The van der Waals surface area contributed by atoms with E-state index in [4.69, 9.17) is 0 Å². The van der Waals surface area contributed by atoms with Crippen LogP contribution in [0.4, 0.5) is 0 Å². The van der Waals surface area contributed by atoms with Crippen molar-refractivity contribution in [1.82, 2.24) is 0 Å². The molecule has 0 aromatic rings. The molecule has 0 saturated carbocycles. The summed E-state index contributed by atoms with van der Waals surface area (Å²) in [7, 11) is 0. The van der Waals surface area contributed by atoms with Gasteiger partial charge < -0.3 is 5.11 Å². The monoisotopic (exact) mass is 466 g/mol. The van der Waals surface area contributed by atoms with E-state index in [9.17, 15) is 5.11 Å². The summed E-state index contributed by atoms with van der Waals surface area (Å²) >= 11 is 0. The number of hydrogen-bond donors (Lipinski definition) is 1. The molecule has 0 saturated heterocycles. The molecule has 1 nitrogen and oxygen atoms in total. The van der Waals surface area contributed by atoms with Crippen LogP contribution in [0.15, 0.2) is 0 Å². The lowest BCUT2D eigenvalue weighted by Gasteiger charge is -2.13. The first-order valence-electron chi connectivity index (χ1n) is 15.8. The third-order valence-electron chi connectivity index (χ3n) is 7.49. The number of hydrogen-bond acceptors (Lipinski definition) is 1. The molecule has 0 aromatic heterocycles. The normalized spacial score (nSPS) is 11.6. The van der Waals surface area contributed by atoms with Gasteiger partial charge in [-0.1, -0.05) is 181 Å². The summed E-state index contributed by atoms with van der Waals surface area (Å²) < 4.78 is 0. The molecule has 199 valence electrons. The highest BCUT2D eigenvalue weighted by atomic mass is 16.3. The second-order valence-electron chi connectivity index (χ2n) is 10.9. The predicted molar refractivity (Wildman–Crippen MR) is 151 cm³/mol. The van der Waals surface area contributed by atoms with Gasteiger partial charge in [-0.2, -0.15) is 0 Å². The Labute approximate surface area is 211 Å². The molecule has 1 N–H and O–H groups in total. The van der Waals surface area contributed by atoms with Crippen molar-refractivity contribution in [3.05, 3.63) is 5.92 Å². The Bertz CT molecular complexity index is 326. The maximum atomic E-state index is 9.67. The lowest BCUT2D eigenvalue weighted by Crippen LogP contribution is -2.03. The molecule has 0 heterocycles. The van der Waals surface area contributed by atoms with Crippen LogP contribution in [-0.2, 0) is 0 Å². The Morgan fingerprint density at radius 2 is 0.545 bits per heavy atom. The maximum absolute atomic E-state index is 9.67. The van der Waals surface area contributed by atoms with E-state index in [-0.39, 0.29) is 0 Å². The van der Waals surface area contributed by atoms with Crippen LogP contribution in [-0.4, -0.2) is 11.7 Å². The number of rotatable bonds is 29. The zero-order valence-electron chi connectivity index (χ0n) is 23.5. The van der Waals surface area contributed by atoms with E-state index in [2.05, 4.69) is 13.8 Å². The highest BCUT2D eigenvalue weighted by Crippen LogP contribution is 2.21. The lowest BCUT2D eigenvalue weighted by molar-refractivity contribution is 0.290. The molecule has 0 fully saturated rings. The molecule has 0 aromatic carbocycles. The molecular formula is C32H65O. The number of aliphatic hydroxyl groups is 1. The molecule has 0 rings (SSSR count). The summed E-state index contributed by atoms with van der Waals surface area (Å²) in [5.74, 6) is 1.42. The van der Waals surface area contributed by atoms with Crippen molar-refractivity contribution in [3.63, 3.8) is 0 Å². The smallest absolute Gasteiger partial charge is 0.0493 e. The van der Waals surface area contributed by atoms with E-state index >= 15 is 0 Å². The minimum atomic E-state index is 0.330. The van der Waals surface area contributed by atoms with Gasteiger partial charge in [0.1, 0.15) is 0 Å².